The summed E-state index contributed by atoms with van der Waals surface area (Å²) in [7, 11) is 0. The molecule has 0 aromatic heterocycles. The summed E-state index contributed by atoms with van der Waals surface area (Å²) in [5, 5.41) is 8.77. The van der Waals surface area contributed by atoms with E-state index in [1.165, 1.54) is 0 Å². The zero-order valence-electron chi connectivity index (χ0n) is 7.55. The van der Waals surface area contributed by atoms with Gasteiger partial charge in [-0.25, -0.2) is 0 Å². The molecule has 0 spiro atoms. The Morgan fingerprint density at radius 2 is 2.11 bits per heavy atom. The summed E-state index contributed by atoms with van der Waals surface area (Å²) in [6, 6.07) is 0. The van der Waals surface area contributed by atoms with Gasteiger partial charge in [0.15, 0.2) is 6.29 Å². The van der Waals surface area contributed by atoms with Crippen LogP contribution in [0.4, 0.5) is 0 Å². The molecule has 0 amide bonds. The van der Waals surface area contributed by atoms with Crippen LogP contribution < -0.4 is 29.6 Å². The number of aliphatic hydroxyl groups is 1. The summed E-state index contributed by atoms with van der Waals surface area (Å²) in [4.78, 5) is 0. The molecule has 1 unspecified atom stereocenters. The molecule has 0 aliphatic carbocycles. The van der Waals surface area contributed by atoms with E-state index in [1.807, 2.05) is 13.8 Å². The molecular weight excluding hydrogens is 127 g/mol. The minimum absolute atomic E-state index is 0. The molecule has 3 heteroatoms. The Hall–Kier alpha value is 0.920. The maximum Gasteiger partial charge on any atom is 1.00 e. The van der Waals surface area contributed by atoms with Crippen molar-refractivity contribution in [2.24, 2.45) is 0 Å². The van der Waals surface area contributed by atoms with Crippen molar-refractivity contribution < 1.29 is 40.8 Å². The van der Waals surface area contributed by atoms with Crippen LogP contribution in [-0.2, 0) is 4.74 Å². The zero-order valence-corrected chi connectivity index (χ0v) is 8.55. The Labute approximate surface area is 80.4 Å². The molecule has 9 heavy (non-hydrogen) atoms. The average Bonchev–Trinajstić information content (AvgIpc) is 1.83. The van der Waals surface area contributed by atoms with Gasteiger partial charge < -0.3 is 11.3 Å². The second-order valence-electron chi connectivity index (χ2n) is 1.73. The van der Waals surface area contributed by atoms with Crippen molar-refractivity contribution in [2.45, 2.75) is 33.0 Å². The molecule has 0 aromatic rings. The standard InChI is InChI=1S/C6H14O2.Na.H/c1-3-5-8-6(7)4-2;;/h6-7H,3-5H2,1-2H3;;/q;+1;-1. The summed E-state index contributed by atoms with van der Waals surface area (Å²) in [5.41, 5.74) is 0. The maximum absolute atomic E-state index is 8.77. The molecular formula is C6H15NaO2. The monoisotopic (exact) mass is 142 g/mol. The van der Waals surface area contributed by atoms with Crippen LogP contribution in [0.2, 0.25) is 0 Å². The fraction of sp³-hybridized carbons (Fsp3) is 1.00. The van der Waals surface area contributed by atoms with E-state index in [0.29, 0.717) is 13.0 Å². The van der Waals surface area contributed by atoms with Gasteiger partial charge in [-0.2, -0.15) is 0 Å². The molecule has 0 aromatic carbocycles. The fourth-order valence-corrected chi connectivity index (χ4v) is 0.372. The van der Waals surface area contributed by atoms with Crippen LogP contribution in [0.1, 0.15) is 28.1 Å². The van der Waals surface area contributed by atoms with E-state index >= 15 is 0 Å². The third-order valence-electron chi connectivity index (χ3n) is 0.864. The Morgan fingerprint density at radius 1 is 1.56 bits per heavy atom. The molecule has 0 rings (SSSR count). The largest absolute Gasteiger partial charge is 1.00 e. The van der Waals surface area contributed by atoms with Crippen molar-refractivity contribution in [3.63, 3.8) is 0 Å². The second kappa shape index (κ2) is 8.92. The van der Waals surface area contributed by atoms with Gasteiger partial charge in [-0.1, -0.05) is 13.8 Å². The average molecular weight is 142 g/mol. The third-order valence-corrected chi connectivity index (χ3v) is 0.864. The molecule has 0 saturated heterocycles. The zero-order chi connectivity index (χ0) is 6.41. The minimum atomic E-state index is -0.546. The smallest absolute Gasteiger partial charge is 1.00 e. The van der Waals surface area contributed by atoms with Crippen LogP contribution in [0.5, 0.6) is 0 Å². The summed E-state index contributed by atoms with van der Waals surface area (Å²) in [6.45, 7) is 4.57. The molecule has 0 aliphatic heterocycles. The molecule has 52 valence electrons. The van der Waals surface area contributed by atoms with Crippen LogP contribution in [-0.4, -0.2) is 18.0 Å². The first-order valence-electron chi connectivity index (χ1n) is 3.11. The van der Waals surface area contributed by atoms with Gasteiger partial charge in [-0.05, 0) is 12.8 Å². The van der Waals surface area contributed by atoms with Crippen molar-refractivity contribution in [1.29, 1.82) is 0 Å². The van der Waals surface area contributed by atoms with Crippen molar-refractivity contribution in [3.05, 3.63) is 0 Å². The van der Waals surface area contributed by atoms with Gasteiger partial charge in [0.25, 0.3) is 0 Å². The van der Waals surface area contributed by atoms with Crippen LogP contribution in [0, 0.1) is 0 Å². The van der Waals surface area contributed by atoms with Gasteiger partial charge in [0.05, 0.1) is 0 Å². The molecule has 0 saturated carbocycles. The Balaban J connectivity index is -0.000000245. The topological polar surface area (TPSA) is 29.5 Å². The van der Waals surface area contributed by atoms with Gasteiger partial charge in [-0.15, -0.1) is 0 Å². The van der Waals surface area contributed by atoms with Crippen LogP contribution in [0.3, 0.4) is 0 Å². The Morgan fingerprint density at radius 3 is 2.44 bits per heavy atom. The van der Waals surface area contributed by atoms with Gasteiger partial charge in [0.2, 0.25) is 0 Å². The van der Waals surface area contributed by atoms with E-state index < -0.39 is 6.29 Å². The SMILES string of the molecule is CCCOC(O)CC.[H-].[Na+]. The first-order chi connectivity index (χ1) is 3.81. The quantitative estimate of drug-likeness (QED) is 0.373. The Kier molecular flexibility index (Phi) is 12.5. The van der Waals surface area contributed by atoms with E-state index in [-0.39, 0.29) is 31.0 Å². The van der Waals surface area contributed by atoms with E-state index in [1.54, 1.807) is 0 Å². The molecule has 1 atom stereocenters. The molecule has 0 radical (unpaired) electrons. The first kappa shape index (κ1) is 12.6. The van der Waals surface area contributed by atoms with E-state index in [0.717, 1.165) is 6.42 Å². The van der Waals surface area contributed by atoms with Crippen molar-refractivity contribution >= 4 is 0 Å². The third kappa shape index (κ3) is 8.92. The Bertz CT molecular complexity index is 55.0. The van der Waals surface area contributed by atoms with Crippen LogP contribution >= 0.6 is 0 Å². The molecule has 0 bridgehead atoms. The molecule has 0 aliphatic rings. The fourth-order valence-electron chi connectivity index (χ4n) is 0.372. The molecule has 2 nitrogen and oxygen atoms in total. The number of hydrogen-bond acceptors (Lipinski definition) is 2. The normalized spacial score (nSPS) is 12.3. The predicted molar refractivity (Wildman–Crippen MR) is 33.7 cm³/mol. The number of aliphatic hydroxyl groups excluding tert-OH is 1. The molecule has 1 N–H and O–H groups in total. The van der Waals surface area contributed by atoms with E-state index in [4.69, 9.17) is 9.84 Å². The maximum atomic E-state index is 8.77. The summed E-state index contributed by atoms with van der Waals surface area (Å²) < 4.78 is 4.90. The van der Waals surface area contributed by atoms with Crippen molar-refractivity contribution in [3.8, 4) is 0 Å². The van der Waals surface area contributed by atoms with E-state index in [9.17, 15) is 0 Å². The minimum Gasteiger partial charge on any atom is -1.00 e. The van der Waals surface area contributed by atoms with Gasteiger partial charge in [-0.3, -0.25) is 0 Å². The number of rotatable bonds is 4. The van der Waals surface area contributed by atoms with Gasteiger partial charge in [0.1, 0.15) is 0 Å². The number of ether oxygens (including phenoxy) is 1. The first-order valence-corrected chi connectivity index (χ1v) is 3.11. The van der Waals surface area contributed by atoms with E-state index in [2.05, 4.69) is 0 Å². The van der Waals surface area contributed by atoms with Crippen LogP contribution in [0.15, 0.2) is 0 Å². The molecule has 0 heterocycles. The van der Waals surface area contributed by atoms with Crippen LogP contribution in [0.25, 0.3) is 0 Å². The molecule has 0 fully saturated rings. The van der Waals surface area contributed by atoms with Gasteiger partial charge in [0, 0.05) is 6.61 Å². The summed E-state index contributed by atoms with van der Waals surface area (Å²) >= 11 is 0. The predicted octanol–water partition coefficient (Wildman–Crippen LogP) is -1.74. The van der Waals surface area contributed by atoms with Crippen molar-refractivity contribution in [2.75, 3.05) is 6.61 Å². The van der Waals surface area contributed by atoms with Gasteiger partial charge >= 0.3 is 29.6 Å². The number of hydrogen-bond donors (Lipinski definition) is 1. The van der Waals surface area contributed by atoms with Crippen molar-refractivity contribution in [1.82, 2.24) is 0 Å². The second-order valence-corrected chi connectivity index (χ2v) is 1.73. The summed E-state index contributed by atoms with van der Waals surface area (Å²) in [6.07, 6.45) is 1.10. The summed E-state index contributed by atoms with van der Waals surface area (Å²) in [5.74, 6) is 0.